The third-order valence-electron chi connectivity index (χ3n) is 4.58. The molecule has 1 aromatic rings. The van der Waals surface area contributed by atoms with Crippen molar-refractivity contribution in [2.24, 2.45) is 11.7 Å². The fourth-order valence-corrected chi connectivity index (χ4v) is 3.36. The van der Waals surface area contributed by atoms with E-state index in [0.29, 0.717) is 24.8 Å². The SMILES string of the molecule is CN1C(=O)CCc2cc(C3C=CC=CC3CCN)ccc21. The lowest BCUT2D eigenvalue weighted by Crippen LogP contribution is -2.31. The second-order valence-electron chi connectivity index (χ2n) is 5.88. The molecule has 1 heterocycles. The van der Waals surface area contributed by atoms with Gasteiger partial charge in [-0.2, -0.15) is 0 Å². The molecule has 0 radical (unpaired) electrons. The third kappa shape index (κ3) is 2.66. The van der Waals surface area contributed by atoms with Crippen molar-refractivity contribution in [3.63, 3.8) is 0 Å². The first kappa shape index (κ1) is 14.1. The summed E-state index contributed by atoms with van der Waals surface area (Å²) in [6, 6.07) is 6.52. The molecule has 3 heteroatoms. The molecule has 3 rings (SSSR count). The van der Waals surface area contributed by atoms with Gasteiger partial charge in [0.25, 0.3) is 0 Å². The van der Waals surface area contributed by atoms with E-state index in [2.05, 4.69) is 42.5 Å². The third-order valence-corrected chi connectivity index (χ3v) is 4.58. The molecule has 0 saturated heterocycles. The summed E-state index contributed by atoms with van der Waals surface area (Å²) in [7, 11) is 1.86. The van der Waals surface area contributed by atoms with Crippen LogP contribution in [0.25, 0.3) is 0 Å². The van der Waals surface area contributed by atoms with Crippen molar-refractivity contribution in [3.8, 4) is 0 Å². The summed E-state index contributed by atoms with van der Waals surface area (Å²) in [4.78, 5) is 13.5. The lowest BCUT2D eigenvalue weighted by molar-refractivity contribution is -0.118. The first-order valence-corrected chi connectivity index (χ1v) is 7.65. The first-order chi connectivity index (χ1) is 10.2. The number of fused-ring (bicyclic) bond motifs is 1. The lowest BCUT2D eigenvalue weighted by Gasteiger charge is -2.29. The maximum absolute atomic E-state index is 11.8. The lowest BCUT2D eigenvalue weighted by atomic mass is 9.80. The largest absolute Gasteiger partial charge is 0.330 e. The molecular formula is C18H22N2O. The molecule has 1 aliphatic carbocycles. The van der Waals surface area contributed by atoms with Crippen LogP contribution in [0.1, 0.15) is 29.9 Å². The van der Waals surface area contributed by atoms with Gasteiger partial charge < -0.3 is 10.6 Å². The average molecular weight is 282 g/mol. The highest BCUT2D eigenvalue weighted by molar-refractivity contribution is 5.95. The van der Waals surface area contributed by atoms with Crippen LogP contribution in [0, 0.1) is 5.92 Å². The highest BCUT2D eigenvalue weighted by atomic mass is 16.2. The molecule has 110 valence electrons. The number of benzene rings is 1. The average Bonchev–Trinajstić information content (AvgIpc) is 2.52. The van der Waals surface area contributed by atoms with Crippen LogP contribution in [0.3, 0.4) is 0 Å². The fraction of sp³-hybridized carbons (Fsp3) is 0.389. The fourth-order valence-electron chi connectivity index (χ4n) is 3.36. The van der Waals surface area contributed by atoms with Gasteiger partial charge in [-0.25, -0.2) is 0 Å². The summed E-state index contributed by atoms with van der Waals surface area (Å²) < 4.78 is 0. The van der Waals surface area contributed by atoms with Crippen molar-refractivity contribution in [2.75, 3.05) is 18.5 Å². The molecule has 1 aliphatic heterocycles. The van der Waals surface area contributed by atoms with Gasteiger partial charge in [-0.15, -0.1) is 0 Å². The van der Waals surface area contributed by atoms with Crippen molar-refractivity contribution in [1.29, 1.82) is 0 Å². The molecule has 2 atom stereocenters. The van der Waals surface area contributed by atoms with Crippen LogP contribution in [-0.2, 0) is 11.2 Å². The van der Waals surface area contributed by atoms with Crippen molar-refractivity contribution in [1.82, 2.24) is 0 Å². The number of amides is 1. The second-order valence-corrected chi connectivity index (χ2v) is 5.88. The maximum Gasteiger partial charge on any atom is 0.227 e. The number of aryl methyl sites for hydroxylation is 1. The van der Waals surface area contributed by atoms with Gasteiger partial charge in [0.05, 0.1) is 0 Å². The topological polar surface area (TPSA) is 46.3 Å². The highest BCUT2D eigenvalue weighted by Crippen LogP contribution is 2.36. The van der Waals surface area contributed by atoms with Gasteiger partial charge in [-0.05, 0) is 42.5 Å². The van der Waals surface area contributed by atoms with E-state index < -0.39 is 0 Å². The van der Waals surface area contributed by atoms with Gasteiger partial charge >= 0.3 is 0 Å². The summed E-state index contributed by atoms with van der Waals surface area (Å²) in [6.07, 6.45) is 11.2. The second kappa shape index (κ2) is 5.86. The van der Waals surface area contributed by atoms with Crippen molar-refractivity contribution >= 4 is 11.6 Å². The van der Waals surface area contributed by atoms with Crippen LogP contribution >= 0.6 is 0 Å². The minimum atomic E-state index is 0.205. The summed E-state index contributed by atoms with van der Waals surface area (Å²) in [5.41, 5.74) is 9.41. The normalized spacial score (nSPS) is 24.3. The molecule has 0 aromatic heterocycles. The Balaban J connectivity index is 1.91. The number of hydrogen-bond acceptors (Lipinski definition) is 2. The molecule has 0 spiro atoms. The number of hydrogen-bond donors (Lipinski definition) is 1. The van der Waals surface area contributed by atoms with E-state index in [-0.39, 0.29) is 5.91 Å². The molecule has 21 heavy (non-hydrogen) atoms. The number of allylic oxidation sites excluding steroid dienone is 4. The molecule has 2 N–H and O–H groups in total. The smallest absolute Gasteiger partial charge is 0.227 e. The number of nitrogens with two attached hydrogens (primary N) is 1. The van der Waals surface area contributed by atoms with Crippen LogP contribution in [0.4, 0.5) is 5.69 Å². The van der Waals surface area contributed by atoms with Gasteiger partial charge in [0.15, 0.2) is 0 Å². The van der Waals surface area contributed by atoms with Gasteiger partial charge in [-0.1, -0.05) is 36.4 Å². The standard InChI is InChI=1S/C18H22N2O/c1-20-17-8-6-14(12-15(17)7-9-18(20)21)16-5-3-2-4-13(16)10-11-19/h2-6,8,12-13,16H,7,9-11,19H2,1H3. The van der Waals surface area contributed by atoms with E-state index >= 15 is 0 Å². The zero-order valence-electron chi connectivity index (χ0n) is 12.5. The molecule has 2 aliphatic rings. The molecule has 3 nitrogen and oxygen atoms in total. The minimum absolute atomic E-state index is 0.205. The van der Waals surface area contributed by atoms with Gasteiger partial charge in [0.2, 0.25) is 5.91 Å². The number of nitrogens with zero attached hydrogens (tertiary/aromatic N) is 1. The van der Waals surface area contributed by atoms with E-state index in [4.69, 9.17) is 5.73 Å². The van der Waals surface area contributed by atoms with Gasteiger partial charge in [0, 0.05) is 25.1 Å². The molecule has 0 saturated carbocycles. The van der Waals surface area contributed by atoms with Crippen LogP contribution in [0.15, 0.2) is 42.5 Å². The number of carbonyl (C=O) groups is 1. The van der Waals surface area contributed by atoms with E-state index in [0.717, 1.165) is 18.5 Å². The van der Waals surface area contributed by atoms with Crippen molar-refractivity contribution in [3.05, 3.63) is 53.6 Å². The Morgan fingerprint density at radius 2 is 2.05 bits per heavy atom. The quantitative estimate of drug-likeness (QED) is 0.926. The zero-order valence-corrected chi connectivity index (χ0v) is 12.5. The Hall–Kier alpha value is -1.87. The van der Waals surface area contributed by atoms with E-state index in [1.165, 1.54) is 11.1 Å². The molecule has 1 amide bonds. The van der Waals surface area contributed by atoms with E-state index in [9.17, 15) is 4.79 Å². The van der Waals surface area contributed by atoms with Crippen LogP contribution in [0.5, 0.6) is 0 Å². The highest BCUT2D eigenvalue weighted by Gasteiger charge is 2.24. The number of carbonyl (C=O) groups excluding carboxylic acids is 1. The summed E-state index contributed by atoms with van der Waals surface area (Å²) in [5, 5.41) is 0. The van der Waals surface area contributed by atoms with Crippen LogP contribution in [-0.4, -0.2) is 19.5 Å². The molecule has 0 bridgehead atoms. The number of anilines is 1. The Morgan fingerprint density at radius 3 is 2.86 bits per heavy atom. The number of rotatable bonds is 3. The van der Waals surface area contributed by atoms with Crippen LogP contribution in [0.2, 0.25) is 0 Å². The van der Waals surface area contributed by atoms with Gasteiger partial charge in [0.1, 0.15) is 0 Å². The summed E-state index contributed by atoms with van der Waals surface area (Å²) >= 11 is 0. The summed E-state index contributed by atoms with van der Waals surface area (Å²) in [5.74, 6) is 1.07. The zero-order chi connectivity index (χ0) is 14.8. The van der Waals surface area contributed by atoms with E-state index in [1.807, 2.05) is 7.05 Å². The van der Waals surface area contributed by atoms with Crippen molar-refractivity contribution < 1.29 is 4.79 Å². The van der Waals surface area contributed by atoms with Gasteiger partial charge in [-0.3, -0.25) is 4.79 Å². The van der Waals surface area contributed by atoms with E-state index in [1.54, 1.807) is 4.90 Å². The first-order valence-electron chi connectivity index (χ1n) is 7.65. The maximum atomic E-state index is 11.8. The predicted molar refractivity (Wildman–Crippen MR) is 86.4 cm³/mol. The Labute approximate surface area is 126 Å². The Morgan fingerprint density at radius 1 is 1.24 bits per heavy atom. The molecule has 0 fully saturated rings. The minimum Gasteiger partial charge on any atom is -0.330 e. The Kier molecular flexibility index (Phi) is 3.93. The molecule has 2 unspecified atom stereocenters. The van der Waals surface area contributed by atoms with Crippen LogP contribution < -0.4 is 10.6 Å². The molecular weight excluding hydrogens is 260 g/mol. The summed E-state index contributed by atoms with van der Waals surface area (Å²) in [6.45, 7) is 0.710. The molecule has 1 aromatic carbocycles. The Bertz CT molecular complexity index is 603. The monoisotopic (exact) mass is 282 g/mol. The van der Waals surface area contributed by atoms with Crippen molar-refractivity contribution in [2.45, 2.75) is 25.2 Å². The predicted octanol–water partition coefficient (Wildman–Crippen LogP) is 2.77.